The highest BCUT2D eigenvalue weighted by molar-refractivity contribution is 4.67. The van der Waals surface area contributed by atoms with Crippen LogP contribution >= 0.6 is 0 Å². The van der Waals surface area contributed by atoms with E-state index in [4.69, 9.17) is 0 Å². The summed E-state index contributed by atoms with van der Waals surface area (Å²) in [4.78, 5) is 0. The smallest absolute Gasteiger partial charge is 0.0454 e. The van der Waals surface area contributed by atoms with Gasteiger partial charge in [-0.3, -0.25) is 0 Å². The summed E-state index contributed by atoms with van der Waals surface area (Å²) in [5.41, 5.74) is 0. The lowest BCUT2D eigenvalue weighted by Gasteiger charge is -2.05. The van der Waals surface area contributed by atoms with Gasteiger partial charge in [0.05, 0.1) is 0 Å². The first-order chi connectivity index (χ1) is 6.50. The van der Waals surface area contributed by atoms with Crippen LogP contribution in [0.4, 0.5) is 0 Å². The largest absolute Gasteiger partial charge is 0.317 e. The second-order valence-corrected chi connectivity index (χ2v) is 3.50. The summed E-state index contributed by atoms with van der Waals surface area (Å²) in [5.74, 6) is 0. The van der Waals surface area contributed by atoms with Crippen LogP contribution < -0.4 is 16.0 Å². The van der Waals surface area contributed by atoms with E-state index >= 15 is 0 Å². The molecule has 1 fully saturated rings. The summed E-state index contributed by atoms with van der Waals surface area (Å²) >= 11 is 0. The van der Waals surface area contributed by atoms with Crippen LogP contribution in [-0.2, 0) is 0 Å². The van der Waals surface area contributed by atoms with E-state index in [-0.39, 0.29) is 0 Å². The zero-order valence-corrected chi connectivity index (χ0v) is 8.44. The maximum absolute atomic E-state index is 3.43. The molecule has 1 aliphatic heterocycles. The Balaban J connectivity index is 2.01. The molecule has 1 aliphatic rings. The van der Waals surface area contributed by atoms with Gasteiger partial charge in [-0.2, -0.15) is 0 Å². The van der Waals surface area contributed by atoms with Crippen molar-refractivity contribution in [1.29, 1.82) is 0 Å². The molecule has 3 heteroatoms. The lowest BCUT2D eigenvalue weighted by atomic mass is 10.2. The molecule has 13 heavy (non-hydrogen) atoms. The van der Waals surface area contributed by atoms with Crippen LogP contribution in [0.2, 0.25) is 0 Å². The van der Waals surface area contributed by atoms with Gasteiger partial charge in [-0.05, 0) is 58.3 Å². The predicted molar refractivity (Wildman–Crippen MR) is 56.5 cm³/mol. The van der Waals surface area contributed by atoms with Crippen molar-refractivity contribution in [3.63, 3.8) is 0 Å². The third-order valence-electron chi connectivity index (χ3n) is 2.24. The molecule has 0 aromatic carbocycles. The Morgan fingerprint density at radius 3 is 2.38 bits per heavy atom. The van der Waals surface area contributed by atoms with E-state index in [1.54, 1.807) is 0 Å². The molecule has 0 atom stereocenters. The zero-order chi connectivity index (χ0) is 9.19. The Morgan fingerprint density at radius 2 is 1.46 bits per heavy atom. The van der Waals surface area contributed by atoms with Crippen molar-refractivity contribution in [2.75, 3.05) is 32.8 Å². The molecule has 0 unspecified atom stereocenters. The average molecular weight is 184 g/mol. The van der Waals surface area contributed by atoms with E-state index in [0.29, 0.717) is 0 Å². The van der Waals surface area contributed by atoms with Crippen LogP contribution in [0.3, 0.4) is 0 Å². The maximum atomic E-state index is 3.43. The molecule has 1 saturated heterocycles. The van der Waals surface area contributed by atoms with E-state index in [2.05, 4.69) is 22.4 Å². The molecule has 0 aliphatic carbocycles. The molecule has 0 aromatic rings. The highest BCUT2D eigenvalue weighted by Gasteiger charge is 1.93. The van der Waals surface area contributed by atoms with Crippen LogP contribution in [0.1, 0.15) is 25.7 Å². The van der Waals surface area contributed by atoms with Crippen molar-refractivity contribution in [3.05, 3.63) is 6.42 Å². The molecule has 0 bridgehead atoms. The van der Waals surface area contributed by atoms with E-state index in [0.717, 1.165) is 32.8 Å². The van der Waals surface area contributed by atoms with Gasteiger partial charge in [-0.1, -0.05) is 0 Å². The van der Waals surface area contributed by atoms with Crippen molar-refractivity contribution >= 4 is 0 Å². The Bertz CT molecular complexity index is 58.2. The normalized spacial score (nSPS) is 24.0. The van der Waals surface area contributed by atoms with Gasteiger partial charge in [0.25, 0.3) is 0 Å². The lowest BCUT2D eigenvalue weighted by molar-refractivity contribution is 0.552. The fraction of sp³-hybridized carbons (Fsp3) is 0.900. The fourth-order valence-electron chi connectivity index (χ4n) is 1.45. The Kier molecular flexibility index (Phi) is 7.15. The minimum absolute atomic E-state index is 0.958. The second-order valence-electron chi connectivity index (χ2n) is 3.50. The van der Waals surface area contributed by atoms with Crippen LogP contribution in [0.25, 0.3) is 0 Å². The van der Waals surface area contributed by atoms with Gasteiger partial charge in [0.15, 0.2) is 0 Å². The summed E-state index contributed by atoms with van der Waals surface area (Å²) in [7, 11) is 0. The monoisotopic (exact) mass is 184 g/mol. The van der Waals surface area contributed by atoms with Crippen molar-refractivity contribution in [1.82, 2.24) is 16.0 Å². The summed E-state index contributed by atoms with van der Waals surface area (Å²) in [6.07, 6.45) is 7.34. The molecule has 77 valence electrons. The van der Waals surface area contributed by atoms with Crippen LogP contribution in [0.15, 0.2) is 0 Å². The molecule has 3 nitrogen and oxygen atoms in total. The first kappa shape index (κ1) is 11.0. The lowest BCUT2D eigenvalue weighted by Crippen LogP contribution is -2.31. The van der Waals surface area contributed by atoms with Crippen molar-refractivity contribution < 1.29 is 0 Å². The van der Waals surface area contributed by atoms with Crippen LogP contribution in [-0.4, -0.2) is 32.8 Å². The summed E-state index contributed by atoms with van der Waals surface area (Å²) in [6.45, 7) is 5.49. The first-order valence-corrected chi connectivity index (χ1v) is 5.44. The highest BCUT2D eigenvalue weighted by Crippen LogP contribution is 1.96. The second kappa shape index (κ2) is 8.48. The molecular weight excluding hydrogens is 162 g/mol. The van der Waals surface area contributed by atoms with Gasteiger partial charge >= 0.3 is 0 Å². The molecule has 1 rings (SSSR count). The fourth-order valence-corrected chi connectivity index (χ4v) is 1.45. The van der Waals surface area contributed by atoms with Crippen molar-refractivity contribution in [2.24, 2.45) is 0 Å². The maximum Gasteiger partial charge on any atom is 0.0454 e. The van der Waals surface area contributed by atoms with E-state index < -0.39 is 0 Å². The summed E-state index contributed by atoms with van der Waals surface area (Å²) in [5, 5.41) is 10.2. The number of rotatable bonds is 0. The third-order valence-corrected chi connectivity index (χ3v) is 2.24. The summed E-state index contributed by atoms with van der Waals surface area (Å²) < 4.78 is 0. The molecule has 1 radical (unpaired) electrons. The van der Waals surface area contributed by atoms with Gasteiger partial charge in [-0.25, -0.2) is 0 Å². The van der Waals surface area contributed by atoms with Gasteiger partial charge in [0.1, 0.15) is 0 Å². The average Bonchev–Trinajstić information content (AvgIpc) is 2.18. The standard InChI is InChI=1S/C10H22N3/c1-2-4-7-12-10-13-9-5-8-11-6-3-1/h1,11-13H,2-10H2. The third kappa shape index (κ3) is 6.99. The molecule has 1 heterocycles. The minimum atomic E-state index is 0.958. The van der Waals surface area contributed by atoms with Gasteiger partial charge in [-0.15, -0.1) is 0 Å². The van der Waals surface area contributed by atoms with Gasteiger partial charge in [0, 0.05) is 6.67 Å². The van der Waals surface area contributed by atoms with Crippen LogP contribution in [0, 0.1) is 6.42 Å². The molecular formula is C10H22N3. The number of hydrogen-bond acceptors (Lipinski definition) is 3. The van der Waals surface area contributed by atoms with Crippen molar-refractivity contribution in [2.45, 2.75) is 25.7 Å². The topological polar surface area (TPSA) is 36.1 Å². The quantitative estimate of drug-likeness (QED) is 0.513. The zero-order valence-electron chi connectivity index (χ0n) is 8.44. The van der Waals surface area contributed by atoms with Crippen LogP contribution in [0.5, 0.6) is 0 Å². The Morgan fingerprint density at radius 1 is 0.692 bits per heavy atom. The summed E-state index contributed by atoms with van der Waals surface area (Å²) in [6, 6.07) is 0. The van der Waals surface area contributed by atoms with Crippen molar-refractivity contribution in [3.8, 4) is 0 Å². The SMILES string of the molecule is [CH]1CCCNCNCCCNCC1. The number of nitrogens with one attached hydrogen (secondary N) is 3. The predicted octanol–water partition coefficient (Wildman–Crippen LogP) is 0.491. The molecule has 0 aromatic heterocycles. The molecule has 0 amide bonds. The highest BCUT2D eigenvalue weighted by atomic mass is 15.0. The molecule has 0 saturated carbocycles. The van der Waals surface area contributed by atoms with Gasteiger partial charge < -0.3 is 16.0 Å². The van der Waals surface area contributed by atoms with E-state index in [9.17, 15) is 0 Å². The number of hydrogen-bond donors (Lipinski definition) is 3. The first-order valence-electron chi connectivity index (χ1n) is 5.44. The van der Waals surface area contributed by atoms with E-state index in [1.165, 1.54) is 25.7 Å². The molecule has 0 spiro atoms. The minimum Gasteiger partial charge on any atom is -0.317 e. The Hall–Kier alpha value is -0.120. The van der Waals surface area contributed by atoms with E-state index in [1.807, 2.05) is 0 Å². The molecule has 3 N–H and O–H groups in total. The van der Waals surface area contributed by atoms with Gasteiger partial charge in [0.2, 0.25) is 0 Å². The Labute approximate surface area is 81.7 Å².